The summed E-state index contributed by atoms with van der Waals surface area (Å²) in [5.74, 6) is 0.227. The zero-order chi connectivity index (χ0) is 15.0. The summed E-state index contributed by atoms with van der Waals surface area (Å²) in [5, 5.41) is 5.58. The molecule has 114 valence electrons. The summed E-state index contributed by atoms with van der Waals surface area (Å²) in [7, 11) is 0. The molecule has 2 N–H and O–H groups in total. The predicted molar refractivity (Wildman–Crippen MR) is 78.3 cm³/mol. The van der Waals surface area contributed by atoms with Crippen LogP contribution in [-0.4, -0.2) is 30.7 Å². The highest BCUT2D eigenvalue weighted by Gasteiger charge is 2.18. The summed E-state index contributed by atoms with van der Waals surface area (Å²) < 4.78 is 5.12. The molecule has 20 heavy (non-hydrogen) atoms. The van der Waals surface area contributed by atoms with Crippen molar-refractivity contribution in [2.24, 2.45) is 5.92 Å². The van der Waals surface area contributed by atoms with Crippen molar-refractivity contribution in [1.82, 2.24) is 10.6 Å². The summed E-state index contributed by atoms with van der Waals surface area (Å²) in [6, 6.07) is 0. The minimum atomic E-state index is -0.479. The van der Waals surface area contributed by atoms with Crippen LogP contribution in [0.3, 0.4) is 0 Å². The van der Waals surface area contributed by atoms with Crippen LogP contribution in [0.4, 0.5) is 4.79 Å². The van der Waals surface area contributed by atoms with Crippen molar-refractivity contribution < 1.29 is 14.3 Å². The Hall–Kier alpha value is -1.52. The second kappa shape index (κ2) is 7.92. The van der Waals surface area contributed by atoms with Gasteiger partial charge in [0.2, 0.25) is 5.91 Å². The van der Waals surface area contributed by atoms with Crippen molar-refractivity contribution in [3.63, 3.8) is 0 Å². The van der Waals surface area contributed by atoms with E-state index in [-0.39, 0.29) is 11.8 Å². The van der Waals surface area contributed by atoms with Gasteiger partial charge >= 0.3 is 6.09 Å². The molecule has 5 nitrogen and oxygen atoms in total. The van der Waals surface area contributed by atoms with Crippen LogP contribution in [0.25, 0.3) is 0 Å². The maximum absolute atomic E-state index is 11.8. The van der Waals surface area contributed by atoms with Crippen LogP contribution in [0.15, 0.2) is 12.2 Å². The van der Waals surface area contributed by atoms with E-state index in [4.69, 9.17) is 4.74 Å². The molecule has 0 aliphatic heterocycles. The first kappa shape index (κ1) is 16.5. The van der Waals surface area contributed by atoms with Crippen LogP contribution in [0.5, 0.6) is 0 Å². The second-order valence-electron chi connectivity index (χ2n) is 6.05. The van der Waals surface area contributed by atoms with E-state index in [9.17, 15) is 9.59 Å². The molecule has 0 aromatic heterocycles. The third-order valence-electron chi connectivity index (χ3n) is 2.96. The van der Waals surface area contributed by atoms with Crippen molar-refractivity contribution in [3.8, 4) is 0 Å². The Labute approximate surface area is 121 Å². The SMILES string of the molecule is CC(C)(C)OC(=O)NCCCNC(=O)C1CC=CCC1. The molecule has 1 unspecified atom stereocenters. The molecule has 2 amide bonds. The van der Waals surface area contributed by atoms with Gasteiger partial charge in [0, 0.05) is 19.0 Å². The number of amides is 2. The molecule has 0 bridgehead atoms. The molecule has 0 aromatic carbocycles. The van der Waals surface area contributed by atoms with Gasteiger partial charge in [0.05, 0.1) is 0 Å². The van der Waals surface area contributed by atoms with Crippen LogP contribution in [0.2, 0.25) is 0 Å². The van der Waals surface area contributed by atoms with E-state index in [0.717, 1.165) is 19.3 Å². The number of allylic oxidation sites excluding steroid dienone is 2. The molecule has 1 rings (SSSR count). The molecule has 0 aromatic rings. The van der Waals surface area contributed by atoms with E-state index in [1.807, 2.05) is 20.8 Å². The standard InChI is InChI=1S/C15H26N2O3/c1-15(2,3)20-14(19)17-11-7-10-16-13(18)12-8-5-4-6-9-12/h4-5,12H,6-11H2,1-3H3,(H,16,18)(H,17,19). The second-order valence-corrected chi connectivity index (χ2v) is 6.05. The predicted octanol–water partition coefficient (Wildman–Crippen LogP) is 2.37. The molecule has 5 heteroatoms. The fourth-order valence-electron chi connectivity index (χ4n) is 1.98. The number of carbonyl (C=O) groups is 2. The lowest BCUT2D eigenvalue weighted by atomic mass is 9.94. The molecule has 0 fully saturated rings. The summed E-state index contributed by atoms with van der Waals surface area (Å²) in [6.45, 7) is 6.55. The molecule has 1 aliphatic carbocycles. The highest BCUT2D eigenvalue weighted by Crippen LogP contribution is 2.17. The molecule has 0 spiro atoms. The quantitative estimate of drug-likeness (QED) is 0.601. The first-order chi connectivity index (χ1) is 9.38. The lowest BCUT2D eigenvalue weighted by Crippen LogP contribution is -2.36. The van der Waals surface area contributed by atoms with Gasteiger partial charge in [-0.25, -0.2) is 4.79 Å². The van der Waals surface area contributed by atoms with E-state index >= 15 is 0 Å². The van der Waals surface area contributed by atoms with Gasteiger partial charge < -0.3 is 15.4 Å². The Bertz CT molecular complexity index is 359. The van der Waals surface area contributed by atoms with Crippen LogP contribution in [0, 0.1) is 5.92 Å². The smallest absolute Gasteiger partial charge is 0.407 e. The summed E-state index contributed by atoms with van der Waals surface area (Å²) in [4.78, 5) is 23.2. The Kier molecular flexibility index (Phi) is 6.55. The fourth-order valence-corrected chi connectivity index (χ4v) is 1.98. The molecular weight excluding hydrogens is 256 g/mol. The Morgan fingerprint density at radius 1 is 1.20 bits per heavy atom. The number of ether oxygens (including phenoxy) is 1. The molecule has 1 aliphatic rings. The van der Waals surface area contributed by atoms with Crippen LogP contribution >= 0.6 is 0 Å². The highest BCUT2D eigenvalue weighted by atomic mass is 16.6. The lowest BCUT2D eigenvalue weighted by Gasteiger charge is -2.20. The highest BCUT2D eigenvalue weighted by molar-refractivity contribution is 5.78. The van der Waals surface area contributed by atoms with Gasteiger partial charge in [0.15, 0.2) is 0 Å². The summed E-state index contributed by atoms with van der Waals surface area (Å²) >= 11 is 0. The third-order valence-corrected chi connectivity index (χ3v) is 2.96. The molecule has 0 heterocycles. The Balaban J connectivity index is 2.05. The molecule has 1 atom stereocenters. The van der Waals surface area contributed by atoms with Crippen LogP contribution in [0.1, 0.15) is 46.5 Å². The monoisotopic (exact) mass is 282 g/mol. The fraction of sp³-hybridized carbons (Fsp3) is 0.733. The maximum atomic E-state index is 11.8. The molecular formula is C15H26N2O3. The summed E-state index contributed by atoms with van der Waals surface area (Å²) in [5.41, 5.74) is -0.479. The van der Waals surface area contributed by atoms with Gasteiger partial charge in [-0.1, -0.05) is 12.2 Å². The van der Waals surface area contributed by atoms with Gasteiger partial charge in [0.25, 0.3) is 0 Å². The number of rotatable bonds is 5. The zero-order valence-electron chi connectivity index (χ0n) is 12.7. The lowest BCUT2D eigenvalue weighted by molar-refractivity contribution is -0.125. The molecule has 0 radical (unpaired) electrons. The first-order valence-corrected chi connectivity index (χ1v) is 7.28. The minimum absolute atomic E-state index is 0.110. The van der Waals surface area contributed by atoms with Gasteiger partial charge in [-0.2, -0.15) is 0 Å². The van der Waals surface area contributed by atoms with Gasteiger partial charge in [-0.3, -0.25) is 4.79 Å². The number of carbonyl (C=O) groups excluding carboxylic acids is 2. The van der Waals surface area contributed by atoms with E-state index < -0.39 is 11.7 Å². The van der Waals surface area contributed by atoms with Crippen LogP contribution < -0.4 is 10.6 Å². The van der Waals surface area contributed by atoms with E-state index in [2.05, 4.69) is 22.8 Å². The number of hydrogen-bond acceptors (Lipinski definition) is 3. The molecule has 0 saturated carbocycles. The molecule has 0 saturated heterocycles. The van der Waals surface area contributed by atoms with Crippen molar-refractivity contribution in [3.05, 3.63) is 12.2 Å². The topological polar surface area (TPSA) is 67.4 Å². The number of alkyl carbamates (subject to hydrolysis) is 1. The third kappa shape index (κ3) is 7.16. The average Bonchev–Trinajstić information content (AvgIpc) is 2.37. The number of hydrogen-bond donors (Lipinski definition) is 2. The minimum Gasteiger partial charge on any atom is -0.444 e. The van der Waals surface area contributed by atoms with Crippen molar-refractivity contribution in [1.29, 1.82) is 0 Å². The van der Waals surface area contributed by atoms with E-state index in [1.54, 1.807) is 0 Å². The van der Waals surface area contributed by atoms with E-state index in [0.29, 0.717) is 19.5 Å². The van der Waals surface area contributed by atoms with Crippen molar-refractivity contribution in [2.45, 2.75) is 52.1 Å². The van der Waals surface area contributed by atoms with Gasteiger partial charge in [0.1, 0.15) is 5.60 Å². The zero-order valence-corrected chi connectivity index (χ0v) is 12.7. The Morgan fingerprint density at radius 3 is 2.50 bits per heavy atom. The average molecular weight is 282 g/mol. The maximum Gasteiger partial charge on any atom is 0.407 e. The summed E-state index contributed by atoms with van der Waals surface area (Å²) in [6.07, 6.45) is 7.22. The van der Waals surface area contributed by atoms with Crippen LogP contribution in [-0.2, 0) is 9.53 Å². The van der Waals surface area contributed by atoms with Gasteiger partial charge in [-0.15, -0.1) is 0 Å². The van der Waals surface area contributed by atoms with Crippen molar-refractivity contribution in [2.75, 3.05) is 13.1 Å². The first-order valence-electron chi connectivity index (χ1n) is 7.28. The largest absolute Gasteiger partial charge is 0.444 e. The van der Waals surface area contributed by atoms with Crippen molar-refractivity contribution >= 4 is 12.0 Å². The van der Waals surface area contributed by atoms with E-state index in [1.165, 1.54) is 0 Å². The normalized spacial score (nSPS) is 18.4. The Morgan fingerprint density at radius 2 is 1.90 bits per heavy atom. The number of nitrogens with one attached hydrogen (secondary N) is 2. The van der Waals surface area contributed by atoms with Gasteiger partial charge in [-0.05, 0) is 46.5 Å².